The number of nitrogens with zero attached hydrogens (tertiary/aromatic N) is 1. The van der Waals surface area contributed by atoms with E-state index in [0.717, 1.165) is 18.5 Å². The molecule has 2 rings (SSSR count). The van der Waals surface area contributed by atoms with Crippen LogP contribution in [0.1, 0.15) is 28.6 Å². The van der Waals surface area contributed by atoms with E-state index in [1.165, 1.54) is 10.6 Å². The van der Waals surface area contributed by atoms with Crippen LogP contribution in [0.25, 0.3) is 0 Å². The van der Waals surface area contributed by atoms with Gasteiger partial charge in [0.25, 0.3) is 0 Å². The van der Waals surface area contributed by atoms with E-state index >= 15 is 0 Å². The highest BCUT2D eigenvalue weighted by molar-refractivity contribution is 7.09. The fraction of sp³-hybridized carbons (Fsp3) is 0.357. The van der Waals surface area contributed by atoms with E-state index in [1.807, 2.05) is 13.0 Å². The SMILES string of the molecule is Cc1csc(CCC(CN)c2ccccc2)n1. The van der Waals surface area contributed by atoms with Gasteiger partial charge in [-0.1, -0.05) is 30.3 Å². The lowest BCUT2D eigenvalue weighted by Gasteiger charge is -2.14. The zero-order chi connectivity index (χ0) is 12.1. The molecule has 2 aromatic rings. The maximum absolute atomic E-state index is 5.86. The summed E-state index contributed by atoms with van der Waals surface area (Å²) < 4.78 is 0. The summed E-state index contributed by atoms with van der Waals surface area (Å²) in [6, 6.07) is 10.5. The highest BCUT2D eigenvalue weighted by atomic mass is 32.1. The molecule has 0 bridgehead atoms. The Kier molecular flexibility index (Phi) is 4.29. The van der Waals surface area contributed by atoms with Crippen molar-refractivity contribution in [2.45, 2.75) is 25.7 Å². The Balaban J connectivity index is 1.97. The van der Waals surface area contributed by atoms with Crippen LogP contribution in [-0.2, 0) is 6.42 Å². The van der Waals surface area contributed by atoms with Crippen molar-refractivity contribution in [2.24, 2.45) is 5.73 Å². The molecule has 0 amide bonds. The van der Waals surface area contributed by atoms with Crippen molar-refractivity contribution in [3.63, 3.8) is 0 Å². The Morgan fingerprint density at radius 1 is 1.29 bits per heavy atom. The summed E-state index contributed by atoms with van der Waals surface area (Å²) in [6.45, 7) is 2.74. The topological polar surface area (TPSA) is 38.9 Å². The van der Waals surface area contributed by atoms with Crippen molar-refractivity contribution in [1.29, 1.82) is 0 Å². The maximum Gasteiger partial charge on any atom is 0.0928 e. The molecule has 0 saturated carbocycles. The molecule has 2 nitrogen and oxygen atoms in total. The number of nitrogens with two attached hydrogens (primary N) is 1. The van der Waals surface area contributed by atoms with E-state index in [9.17, 15) is 0 Å². The quantitative estimate of drug-likeness (QED) is 0.880. The van der Waals surface area contributed by atoms with E-state index in [-0.39, 0.29) is 0 Å². The molecule has 1 aromatic heterocycles. The summed E-state index contributed by atoms with van der Waals surface area (Å²) in [7, 11) is 0. The minimum absolute atomic E-state index is 0.445. The van der Waals surface area contributed by atoms with Crippen LogP contribution >= 0.6 is 11.3 Å². The summed E-state index contributed by atoms with van der Waals surface area (Å²) in [5, 5.41) is 3.33. The molecule has 0 aliphatic heterocycles. The van der Waals surface area contributed by atoms with Crippen molar-refractivity contribution in [2.75, 3.05) is 6.54 Å². The Labute approximate surface area is 107 Å². The first-order valence-electron chi connectivity index (χ1n) is 5.95. The van der Waals surface area contributed by atoms with Crippen LogP contribution in [0.3, 0.4) is 0 Å². The number of hydrogen-bond acceptors (Lipinski definition) is 3. The van der Waals surface area contributed by atoms with Crippen molar-refractivity contribution >= 4 is 11.3 Å². The molecule has 90 valence electrons. The second-order valence-electron chi connectivity index (χ2n) is 4.26. The standard InChI is InChI=1S/C14H18N2S/c1-11-10-17-14(16-11)8-7-13(9-15)12-5-3-2-4-6-12/h2-6,10,13H,7-9,15H2,1H3. The van der Waals surface area contributed by atoms with Crippen molar-refractivity contribution in [1.82, 2.24) is 4.98 Å². The molecular weight excluding hydrogens is 228 g/mol. The van der Waals surface area contributed by atoms with E-state index in [2.05, 4.69) is 34.6 Å². The zero-order valence-electron chi connectivity index (χ0n) is 10.1. The Morgan fingerprint density at radius 2 is 2.06 bits per heavy atom. The molecule has 1 unspecified atom stereocenters. The zero-order valence-corrected chi connectivity index (χ0v) is 10.9. The third kappa shape index (κ3) is 3.38. The number of thiazole rings is 1. The third-order valence-electron chi connectivity index (χ3n) is 2.93. The summed E-state index contributed by atoms with van der Waals surface area (Å²) in [6.07, 6.45) is 2.10. The van der Waals surface area contributed by atoms with Crippen LogP contribution in [0.4, 0.5) is 0 Å². The summed E-state index contributed by atoms with van der Waals surface area (Å²) in [5.41, 5.74) is 8.31. The lowest BCUT2D eigenvalue weighted by molar-refractivity contribution is 0.632. The molecular formula is C14H18N2S. The van der Waals surface area contributed by atoms with Gasteiger partial charge in [-0.3, -0.25) is 0 Å². The average Bonchev–Trinajstić information content (AvgIpc) is 2.77. The number of hydrogen-bond donors (Lipinski definition) is 1. The van der Waals surface area contributed by atoms with Crippen molar-refractivity contribution in [3.8, 4) is 0 Å². The normalized spacial score (nSPS) is 12.6. The third-order valence-corrected chi connectivity index (χ3v) is 3.96. The number of benzene rings is 1. The van der Waals surface area contributed by atoms with Gasteiger partial charge in [-0.25, -0.2) is 4.98 Å². The van der Waals surface area contributed by atoms with Crippen LogP contribution in [0.2, 0.25) is 0 Å². The smallest absolute Gasteiger partial charge is 0.0928 e. The highest BCUT2D eigenvalue weighted by Crippen LogP contribution is 2.21. The monoisotopic (exact) mass is 246 g/mol. The minimum atomic E-state index is 0.445. The Bertz CT molecular complexity index is 450. The fourth-order valence-electron chi connectivity index (χ4n) is 1.96. The first kappa shape index (κ1) is 12.3. The van der Waals surface area contributed by atoms with Gasteiger partial charge in [0.05, 0.1) is 5.01 Å². The van der Waals surface area contributed by atoms with Crippen LogP contribution in [-0.4, -0.2) is 11.5 Å². The molecule has 1 heterocycles. The molecule has 0 spiro atoms. The number of rotatable bonds is 5. The largest absolute Gasteiger partial charge is 0.330 e. The molecule has 0 fully saturated rings. The average molecular weight is 246 g/mol. The summed E-state index contributed by atoms with van der Waals surface area (Å²) in [4.78, 5) is 4.49. The molecule has 1 atom stereocenters. The van der Waals surface area contributed by atoms with Gasteiger partial charge in [0.1, 0.15) is 0 Å². The van der Waals surface area contributed by atoms with Crippen LogP contribution in [0.15, 0.2) is 35.7 Å². The molecule has 0 aliphatic rings. The summed E-state index contributed by atoms with van der Waals surface area (Å²) in [5.74, 6) is 0.445. The van der Waals surface area contributed by atoms with Crippen molar-refractivity contribution < 1.29 is 0 Å². The molecule has 2 N–H and O–H groups in total. The Hall–Kier alpha value is -1.19. The predicted octanol–water partition coefficient (Wildman–Crippen LogP) is 3.13. The van der Waals surface area contributed by atoms with Crippen LogP contribution in [0.5, 0.6) is 0 Å². The lowest BCUT2D eigenvalue weighted by Crippen LogP contribution is -2.13. The molecule has 17 heavy (non-hydrogen) atoms. The number of aryl methyl sites for hydroxylation is 2. The van der Waals surface area contributed by atoms with Gasteiger partial charge in [0.15, 0.2) is 0 Å². The van der Waals surface area contributed by atoms with Crippen LogP contribution in [0, 0.1) is 6.92 Å². The second-order valence-corrected chi connectivity index (χ2v) is 5.21. The van der Waals surface area contributed by atoms with Gasteiger partial charge in [-0.2, -0.15) is 0 Å². The van der Waals surface area contributed by atoms with E-state index in [1.54, 1.807) is 11.3 Å². The first-order valence-corrected chi connectivity index (χ1v) is 6.83. The lowest BCUT2D eigenvalue weighted by atomic mass is 9.94. The molecule has 0 aliphatic carbocycles. The van der Waals surface area contributed by atoms with Gasteiger partial charge in [0, 0.05) is 11.1 Å². The second kappa shape index (κ2) is 5.94. The fourth-order valence-corrected chi connectivity index (χ4v) is 2.75. The number of aromatic nitrogens is 1. The molecule has 3 heteroatoms. The van der Waals surface area contributed by atoms with Gasteiger partial charge < -0.3 is 5.73 Å². The summed E-state index contributed by atoms with van der Waals surface area (Å²) >= 11 is 1.75. The maximum atomic E-state index is 5.86. The van der Waals surface area contributed by atoms with Gasteiger partial charge in [-0.15, -0.1) is 11.3 Å². The Morgan fingerprint density at radius 3 is 2.65 bits per heavy atom. The van der Waals surface area contributed by atoms with Crippen molar-refractivity contribution in [3.05, 3.63) is 52.0 Å². The predicted molar refractivity (Wildman–Crippen MR) is 73.4 cm³/mol. The van der Waals surface area contributed by atoms with E-state index < -0.39 is 0 Å². The van der Waals surface area contributed by atoms with E-state index in [4.69, 9.17) is 5.73 Å². The molecule has 0 radical (unpaired) electrons. The minimum Gasteiger partial charge on any atom is -0.330 e. The molecule has 0 saturated heterocycles. The van der Waals surface area contributed by atoms with E-state index in [0.29, 0.717) is 12.5 Å². The molecule has 1 aromatic carbocycles. The van der Waals surface area contributed by atoms with Gasteiger partial charge in [-0.05, 0) is 37.8 Å². The van der Waals surface area contributed by atoms with Gasteiger partial charge in [0.2, 0.25) is 0 Å². The van der Waals surface area contributed by atoms with Crippen LogP contribution < -0.4 is 5.73 Å². The van der Waals surface area contributed by atoms with Gasteiger partial charge >= 0.3 is 0 Å². The first-order chi connectivity index (χ1) is 8.29. The highest BCUT2D eigenvalue weighted by Gasteiger charge is 2.10.